The van der Waals surface area contributed by atoms with Gasteiger partial charge in [-0.3, -0.25) is 10.1 Å². The zero-order valence-corrected chi connectivity index (χ0v) is 12.3. The van der Waals surface area contributed by atoms with Crippen molar-refractivity contribution in [1.29, 1.82) is 0 Å². The molecule has 0 aromatic heterocycles. The Hall–Kier alpha value is -0.570. The fourth-order valence-electron chi connectivity index (χ4n) is 3.60. The lowest BCUT2D eigenvalue weighted by atomic mass is 9.96. The molecular formula is C15H28N2O. The van der Waals surface area contributed by atoms with E-state index >= 15 is 0 Å². The van der Waals surface area contributed by atoms with Crippen molar-refractivity contribution in [1.82, 2.24) is 10.2 Å². The third kappa shape index (κ3) is 2.42. The van der Waals surface area contributed by atoms with Gasteiger partial charge in [-0.2, -0.15) is 0 Å². The molecule has 3 unspecified atom stereocenters. The molecule has 2 rings (SSSR count). The van der Waals surface area contributed by atoms with E-state index in [4.69, 9.17) is 0 Å². The van der Waals surface area contributed by atoms with E-state index in [-0.39, 0.29) is 12.2 Å². The number of nitrogens with zero attached hydrogens (tertiary/aromatic N) is 1. The number of nitrogens with one attached hydrogen (secondary N) is 1. The molecule has 1 saturated heterocycles. The van der Waals surface area contributed by atoms with E-state index in [2.05, 4.69) is 37.9 Å². The summed E-state index contributed by atoms with van der Waals surface area (Å²) >= 11 is 0. The van der Waals surface area contributed by atoms with Gasteiger partial charge in [-0.05, 0) is 38.0 Å². The van der Waals surface area contributed by atoms with Crippen LogP contribution in [0.1, 0.15) is 59.8 Å². The molecule has 0 bridgehead atoms. The van der Waals surface area contributed by atoms with Gasteiger partial charge in [-0.15, -0.1) is 0 Å². The van der Waals surface area contributed by atoms with Crippen molar-refractivity contribution in [2.24, 2.45) is 11.8 Å². The largest absolute Gasteiger partial charge is 0.323 e. The molecule has 1 amide bonds. The summed E-state index contributed by atoms with van der Waals surface area (Å²) in [4.78, 5) is 14.7. The molecule has 2 fully saturated rings. The van der Waals surface area contributed by atoms with Crippen molar-refractivity contribution < 1.29 is 4.79 Å². The smallest absolute Gasteiger partial charge is 0.241 e. The van der Waals surface area contributed by atoms with E-state index in [1.165, 1.54) is 25.7 Å². The highest BCUT2D eigenvalue weighted by Crippen LogP contribution is 2.33. The number of amides is 1. The highest BCUT2D eigenvalue weighted by Gasteiger charge is 2.43. The molecule has 0 aromatic rings. The standard InChI is InChI=1S/C15H28N2O/c1-5-13-15(18)17(14(16-13)10(2)3)11(4)12-8-6-7-9-12/h10-14,16H,5-9H2,1-4H3. The van der Waals surface area contributed by atoms with Gasteiger partial charge in [0.15, 0.2) is 0 Å². The third-order valence-electron chi connectivity index (χ3n) is 4.78. The monoisotopic (exact) mass is 252 g/mol. The number of hydrogen-bond acceptors (Lipinski definition) is 2. The minimum atomic E-state index is 0.0428. The van der Waals surface area contributed by atoms with Crippen LogP contribution in [0.15, 0.2) is 0 Å². The molecule has 3 heteroatoms. The molecule has 1 aliphatic carbocycles. The predicted octanol–water partition coefficient (Wildman–Crippen LogP) is 2.76. The van der Waals surface area contributed by atoms with E-state index < -0.39 is 0 Å². The van der Waals surface area contributed by atoms with Crippen LogP contribution in [0.2, 0.25) is 0 Å². The van der Waals surface area contributed by atoms with Gasteiger partial charge >= 0.3 is 0 Å². The molecule has 0 radical (unpaired) electrons. The molecule has 0 aromatic carbocycles. The maximum atomic E-state index is 12.5. The van der Waals surface area contributed by atoms with E-state index in [1.54, 1.807) is 0 Å². The maximum Gasteiger partial charge on any atom is 0.241 e. The van der Waals surface area contributed by atoms with Crippen LogP contribution in [0.4, 0.5) is 0 Å². The van der Waals surface area contributed by atoms with Crippen LogP contribution in [0, 0.1) is 11.8 Å². The minimum Gasteiger partial charge on any atom is -0.323 e. The number of rotatable bonds is 4. The van der Waals surface area contributed by atoms with Crippen LogP contribution >= 0.6 is 0 Å². The minimum absolute atomic E-state index is 0.0428. The molecule has 1 heterocycles. The first-order chi connectivity index (χ1) is 8.56. The Morgan fingerprint density at radius 2 is 1.89 bits per heavy atom. The second kappa shape index (κ2) is 5.60. The van der Waals surface area contributed by atoms with Crippen molar-refractivity contribution in [3.8, 4) is 0 Å². The SMILES string of the molecule is CCC1NC(C(C)C)N(C(C)C2CCCC2)C1=O. The van der Waals surface area contributed by atoms with E-state index in [1.807, 2.05) is 0 Å². The fourth-order valence-corrected chi connectivity index (χ4v) is 3.60. The zero-order chi connectivity index (χ0) is 13.3. The van der Waals surface area contributed by atoms with E-state index in [9.17, 15) is 4.79 Å². The summed E-state index contributed by atoms with van der Waals surface area (Å²) in [7, 11) is 0. The van der Waals surface area contributed by atoms with E-state index in [0.29, 0.717) is 23.8 Å². The summed E-state index contributed by atoms with van der Waals surface area (Å²) in [6.45, 7) is 8.76. The van der Waals surface area contributed by atoms with Gasteiger partial charge in [0.1, 0.15) is 0 Å². The first kappa shape index (κ1) is 13.9. The highest BCUT2D eigenvalue weighted by molar-refractivity contribution is 5.84. The second-order valence-corrected chi connectivity index (χ2v) is 6.35. The molecule has 3 nitrogen and oxygen atoms in total. The topological polar surface area (TPSA) is 32.3 Å². The molecule has 104 valence electrons. The lowest BCUT2D eigenvalue weighted by Gasteiger charge is -2.36. The molecule has 0 spiro atoms. The number of carbonyl (C=O) groups is 1. The summed E-state index contributed by atoms with van der Waals surface area (Å²) in [6.07, 6.45) is 6.41. The Bertz CT molecular complexity index is 297. The zero-order valence-electron chi connectivity index (χ0n) is 12.3. The Kier molecular flexibility index (Phi) is 4.31. The first-order valence-corrected chi connectivity index (χ1v) is 7.64. The summed E-state index contributed by atoms with van der Waals surface area (Å²) in [5.74, 6) is 1.53. The van der Waals surface area contributed by atoms with Crippen molar-refractivity contribution in [3.63, 3.8) is 0 Å². The Balaban J connectivity index is 2.13. The summed E-state index contributed by atoms with van der Waals surface area (Å²) in [6, 6.07) is 0.442. The van der Waals surface area contributed by atoms with Crippen molar-refractivity contribution in [3.05, 3.63) is 0 Å². The Morgan fingerprint density at radius 3 is 2.39 bits per heavy atom. The maximum absolute atomic E-state index is 12.5. The van der Waals surface area contributed by atoms with Crippen LogP contribution in [-0.2, 0) is 4.79 Å². The van der Waals surface area contributed by atoms with Gasteiger partial charge in [0, 0.05) is 6.04 Å². The van der Waals surface area contributed by atoms with Crippen LogP contribution in [-0.4, -0.2) is 29.1 Å². The van der Waals surface area contributed by atoms with E-state index in [0.717, 1.165) is 6.42 Å². The molecule has 2 aliphatic rings. The van der Waals surface area contributed by atoms with Gasteiger partial charge in [-0.25, -0.2) is 0 Å². The quantitative estimate of drug-likeness (QED) is 0.834. The van der Waals surface area contributed by atoms with Crippen molar-refractivity contribution in [2.45, 2.75) is 78.0 Å². The van der Waals surface area contributed by atoms with Gasteiger partial charge in [0.25, 0.3) is 0 Å². The third-order valence-corrected chi connectivity index (χ3v) is 4.78. The molecule has 1 aliphatic heterocycles. The lowest BCUT2D eigenvalue weighted by Crippen LogP contribution is -2.48. The summed E-state index contributed by atoms with van der Waals surface area (Å²) in [5, 5.41) is 3.52. The predicted molar refractivity (Wildman–Crippen MR) is 74.1 cm³/mol. The first-order valence-electron chi connectivity index (χ1n) is 7.64. The van der Waals surface area contributed by atoms with Crippen LogP contribution < -0.4 is 5.32 Å². The molecular weight excluding hydrogens is 224 g/mol. The lowest BCUT2D eigenvalue weighted by molar-refractivity contribution is -0.133. The van der Waals surface area contributed by atoms with Crippen LogP contribution in [0.5, 0.6) is 0 Å². The average Bonchev–Trinajstić information content (AvgIpc) is 2.95. The van der Waals surface area contributed by atoms with Gasteiger partial charge in [0.2, 0.25) is 5.91 Å². The van der Waals surface area contributed by atoms with Crippen LogP contribution in [0.3, 0.4) is 0 Å². The molecule has 18 heavy (non-hydrogen) atoms. The Morgan fingerprint density at radius 1 is 1.28 bits per heavy atom. The second-order valence-electron chi connectivity index (χ2n) is 6.35. The van der Waals surface area contributed by atoms with Crippen LogP contribution in [0.25, 0.3) is 0 Å². The molecule has 1 N–H and O–H groups in total. The number of carbonyl (C=O) groups excluding carboxylic acids is 1. The van der Waals surface area contributed by atoms with Gasteiger partial charge in [0.05, 0.1) is 12.2 Å². The summed E-state index contributed by atoms with van der Waals surface area (Å²) in [5.41, 5.74) is 0. The van der Waals surface area contributed by atoms with Gasteiger partial charge < -0.3 is 4.90 Å². The van der Waals surface area contributed by atoms with Gasteiger partial charge in [-0.1, -0.05) is 33.6 Å². The Labute approximate surface area is 111 Å². The van der Waals surface area contributed by atoms with Crippen molar-refractivity contribution in [2.75, 3.05) is 0 Å². The van der Waals surface area contributed by atoms with Crippen molar-refractivity contribution >= 4 is 5.91 Å². The molecule has 1 saturated carbocycles. The molecule has 3 atom stereocenters. The fraction of sp³-hybridized carbons (Fsp3) is 0.933. The average molecular weight is 252 g/mol. The highest BCUT2D eigenvalue weighted by atomic mass is 16.2. The number of hydrogen-bond donors (Lipinski definition) is 1. The normalized spacial score (nSPS) is 31.6. The summed E-state index contributed by atoms with van der Waals surface area (Å²) < 4.78 is 0.